The summed E-state index contributed by atoms with van der Waals surface area (Å²) in [7, 11) is 0. The maximum atomic E-state index is 2.36. The Labute approximate surface area is 369 Å². The molecule has 0 fully saturated rings. The van der Waals surface area contributed by atoms with E-state index in [2.05, 4.69) is 266 Å². The van der Waals surface area contributed by atoms with Gasteiger partial charge in [0.05, 0.1) is 0 Å². The minimum absolute atomic E-state index is 1.09. The lowest BCUT2D eigenvalue weighted by molar-refractivity contribution is 1.28. The molecule has 0 saturated carbocycles. The molecule has 0 aliphatic carbocycles. The van der Waals surface area contributed by atoms with Crippen LogP contribution in [0.2, 0.25) is 0 Å². The lowest BCUT2D eigenvalue weighted by Crippen LogP contribution is -2.09. The first-order valence-corrected chi connectivity index (χ1v) is 21.7. The summed E-state index contributed by atoms with van der Waals surface area (Å²) in [6.45, 7) is 0. The van der Waals surface area contributed by atoms with Gasteiger partial charge in [-0.25, -0.2) is 0 Å². The summed E-state index contributed by atoms with van der Waals surface area (Å²) in [5.41, 5.74) is 17.7. The molecule has 0 bridgehead atoms. The van der Waals surface area contributed by atoms with Crippen LogP contribution in [-0.2, 0) is 0 Å². The van der Waals surface area contributed by atoms with Crippen molar-refractivity contribution in [3.05, 3.63) is 261 Å². The Hall–Kier alpha value is -8.26. The lowest BCUT2D eigenvalue weighted by Gasteiger charge is -2.26. The molecule has 296 valence electrons. The third-order valence-electron chi connectivity index (χ3n) is 12.3. The van der Waals surface area contributed by atoms with Crippen LogP contribution in [0.4, 0.5) is 17.1 Å². The monoisotopic (exact) mass is 801 g/mol. The van der Waals surface area contributed by atoms with Crippen LogP contribution in [0, 0.1) is 0 Å². The quantitative estimate of drug-likeness (QED) is 0.141. The molecule has 0 N–H and O–H groups in total. The number of hydrogen-bond acceptors (Lipinski definition) is 1. The predicted molar refractivity (Wildman–Crippen MR) is 269 cm³/mol. The Balaban J connectivity index is 0.966. The first-order valence-electron chi connectivity index (χ1n) is 21.7. The van der Waals surface area contributed by atoms with Crippen molar-refractivity contribution < 1.29 is 0 Å². The molecule has 1 heteroatoms. The number of nitrogens with zero attached hydrogens (tertiary/aromatic N) is 1. The molecule has 0 spiro atoms. The van der Waals surface area contributed by atoms with Crippen LogP contribution in [0.1, 0.15) is 0 Å². The molecule has 0 radical (unpaired) electrons. The van der Waals surface area contributed by atoms with Gasteiger partial charge in [-0.2, -0.15) is 0 Å². The van der Waals surface area contributed by atoms with E-state index >= 15 is 0 Å². The van der Waals surface area contributed by atoms with Crippen LogP contribution in [0.5, 0.6) is 0 Å². The molecule has 0 amide bonds. The summed E-state index contributed by atoms with van der Waals surface area (Å²) in [6.07, 6.45) is 0. The summed E-state index contributed by atoms with van der Waals surface area (Å²) in [5.74, 6) is 0. The van der Waals surface area contributed by atoms with Gasteiger partial charge in [-0.15, -0.1) is 0 Å². The van der Waals surface area contributed by atoms with Crippen molar-refractivity contribution in [2.75, 3.05) is 4.90 Å². The van der Waals surface area contributed by atoms with E-state index in [4.69, 9.17) is 0 Å². The number of rotatable bonds is 9. The summed E-state index contributed by atoms with van der Waals surface area (Å²) >= 11 is 0. The van der Waals surface area contributed by atoms with Gasteiger partial charge in [-0.1, -0.05) is 206 Å². The number of benzene rings is 11. The molecule has 0 saturated heterocycles. The molecule has 1 nitrogen and oxygen atoms in total. The fraction of sp³-hybridized carbons (Fsp3) is 0. The van der Waals surface area contributed by atoms with Crippen LogP contribution in [0.3, 0.4) is 0 Å². The molecule has 0 aromatic heterocycles. The summed E-state index contributed by atoms with van der Waals surface area (Å²) in [6, 6.07) is 94.6. The largest absolute Gasteiger partial charge is 0.311 e. The zero-order valence-electron chi connectivity index (χ0n) is 34.8. The van der Waals surface area contributed by atoms with Crippen molar-refractivity contribution in [1.29, 1.82) is 0 Å². The second-order valence-electron chi connectivity index (χ2n) is 16.1. The highest BCUT2D eigenvalue weighted by Gasteiger charge is 2.16. The molecule has 0 unspecified atom stereocenters. The van der Waals surface area contributed by atoms with Gasteiger partial charge in [0.15, 0.2) is 0 Å². The normalized spacial score (nSPS) is 11.2. The predicted octanol–water partition coefficient (Wildman–Crippen LogP) is 17.5. The van der Waals surface area contributed by atoms with Crippen LogP contribution >= 0.6 is 0 Å². The smallest absolute Gasteiger partial charge is 0.0462 e. The minimum atomic E-state index is 1.09. The van der Waals surface area contributed by atoms with Gasteiger partial charge in [0.25, 0.3) is 0 Å². The molecule has 0 aliphatic rings. The fourth-order valence-corrected chi connectivity index (χ4v) is 9.03. The number of hydrogen-bond donors (Lipinski definition) is 0. The van der Waals surface area contributed by atoms with Crippen molar-refractivity contribution >= 4 is 38.6 Å². The average Bonchev–Trinajstić information content (AvgIpc) is 3.37. The second-order valence-corrected chi connectivity index (χ2v) is 16.1. The molecule has 0 heterocycles. The first-order chi connectivity index (χ1) is 31.2. The third kappa shape index (κ3) is 7.58. The van der Waals surface area contributed by atoms with E-state index in [0.717, 1.165) is 17.1 Å². The minimum Gasteiger partial charge on any atom is -0.311 e. The van der Waals surface area contributed by atoms with E-state index in [-0.39, 0.29) is 0 Å². The Morgan fingerprint density at radius 1 is 0.206 bits per heavy atom. The number of anilines is 3. The third-order valence-corrected chi connectivity index (χ3v) is 12.3. The Morgan fingerprint density at radius 2 is 0.587 bits per heavy atom. The van der Waals surface area contributed by atoms with Gasteiger partial charge in [0.1, 0.15) is 0 Å². The summed E-state index contributed by atoms with van der Waals surface area (Å²) < 4.78 is 0. The standard InChI is InChI=1S/C62H43N/c1-3-13-44(14-4-1)52-20-11-21-53(41-52)46-27-34-57(35-28-46)63(58-36-29-47(30-37-58)54-22-12-23-55(42-54)56-26-25-45-15-7-8-19-51(45)43-56)59-38-31-49(32-39-59)61-40-33-48-16-9-10-24-60(48)62(61)50-17-5-2-6-18-50/h1-43H. The molecule has 0 atom stereocenters. The van der Waals surface area contributed by atoms with E-state index in [1.807, 2.05) is 0 Å². The highest BCUT2D eigenvalue weighted by atomic mass is 15.1. The van der Waals surface area contributed by atoms with Crippen LogP contribution in [0.15, 0.2) is 261 Å². The second kappa shape index (κ2) is 16.7. The van der Waals surface area contributed by atoms with E-state index < -0.39 is 0 Å². The molecular weight excluding hydrogens is 759 g/mol. The van der Waals surface area contributed by atoms with Crippen molar-refractivity contribution in [3.63, 3.8) is 0 Å². The maximum absolute atomic E-state index is 2.36. The lowest BCUT2D eigenvalue weighted by atomic mass is 9.90. The summed E-state index contributed by atoms with van der Waals surface area (Å²) in [4.78, 5) is 2.36. The first kappa shape index (κ1) is 37.7. The van der Waals surface area contributed by atoms with Crippen molar-refractivity contribution in [2.24, 2.45) is 0 Å². The van der Waals surface area contributed by atoms with Crippen molar-refractivity contribution in [2.45, 2.75) is 0 Å². The van der Waals surface area contributed by atoms with E-state index in [1.54, 1.807) is 0 Å². The van der Waals surface area contributed by atoms with Crippen LogP contribution in [-0.4, -0.2) is 0 Å². The Morgan fingerprint density at radius 3 is 1.16 bits per heavy atom. The average molecular weight is 802 g/mol. The fourth-order valence-electron chi connectivity index (χ4n) is 9.03. The molecular formula is C62H43N. The van der Waals surface area contributed by atoms with Crippen LogP contribution in [0.25, 0.3) is 88.3 Å². The van der Waals surface area contributed by atoms with Gasteiger partial charge >= 0.3 is 0 Å². The van der Waals surface area contributed by atoms with E-state index in [9.17, 15) is 0 Å². The van der Waals surface area contributed by atoms with Gasteiger partial charge < -0.3 is 4.90 Å². The Bertz CT molecular complexity index is 3350. The molecule has 11 rings (SSSR count). The van der Waals surface area contributed by atoms with Gasteiger partial charge in [0.2, 0.25) is 0 Å². The molecule has 11 aromatic carbocycles. The maximum Gasteiger partial charge on any atom is 0.0462 e. The van der Waals surface area contributed by atoms with Crippen molar-refractivity contribution in [1.82, 2.24) is 0 Å². The Kier molecular flexibility index (Phi) is 9.97. The molecule has 11 aromatic rings. The molecule has 63 heavy (non-hydrogen) atoms. The van der Waals surface area contributed by atoms with E-state index in [1.165, 1.54) is 88.3 Å². The van der Waals surface area contributed by atoms with Gasteiger partial charge in [-0.3, -0.25) is 0 Å². The highest BCUT2D eigenvalue weighted by molar-refractivity contribution is 6.04. The molecule has 0 aliphatic heterocycles. The SMILES string of the molecule is c1ccc(-c2cccc(-c3ccc(N(c4ccc(-c5cccc(-c6ccc7ccccc7c6)c5)cc4)c4ccc(-c5ccc6ccccc6c5-c5ccccc5)cc4)cc3)c2)cc1. The van der Waals surface area contributed by atoms with E-state index in [0.29, 0.717) is 0 Å². The number of fused-ring (bicyclic) bond motifs is 2. The summed E-state index contributed by atoms with van der Waals surface area (Å²) in [5, 5.41) is 5.00. The van der Waals surface area contributed by atoms with Crippen molar-refractivity contribution in [3.8, 4) is 66.8 Å². The zero-order chi connectivity index (χ0) is 42.0. The van der Waals surface area contributed by atoms with Crippen LogP contribution < -0.4 is 4.90 Å². The zero-order valence-corrected chi connectivity index (χ0v) is 34.8. The van der Waals surface area contributed by atoms with Gasteiger partial charge in [0, 0.05) is 17.1 Å². The topological polar surface area (TPSA) is 3.24 Å². The highest BCUT2D eigenvalue weighted by Crippen LogP contribution is 2.42. The van der Waals surface area contributed by atoms with Gasteiger partial charge in [-0.05, 0) is 143 Å².